The minimum atomic E-state index is -0.436. The van der Waals surface area contributed by atoms with Gasteiger partial charge in [0.15, 0.2) is 5.16 Å². The number of anilines is 1. The monoisotopic (exact) mass is 395 g/mol. The molecule has 7 heteroatoms. The topological polar surface area (TPSA) is 84.1 Å². The van der Waals surface area contributed by atoms with Gasteiger partial charge in [-0.2, -0.15) is 0 Å². The maximum absolute atomic E-state index is 12.4. The summed E-state index contributed by atoms with van der Waals surface area (Å²) >= 11 is 1.19. The second-order valence-electron chi connectivity index (χ2n) is 6.26. The van der Waals surface area contributed by atoms with Gasteiger partial charge >= 0.3 is 0 Å². The zero-order chi connectivity index (χ0) is 19.9. The highest BCUT2D eigenvalue weighted by molar-refractivity contribution is 8.00. The summed E-state index contributed by atoms with van der Waals surface area (Å²) in [7, 11) is 0. The number of H-pyrrole nitrogens is 1. The molecule has 0 aliphatic carbocycles. The van der Waals surface area contributed by atoms with Crippen molar-refractivity contribution in [1.82, 2.24) is 9.97 Å². The van der Waals surface area contributed by atoms with E-state index in [1.54, 1.807) is 6.92 Å². The molecule has 0 saturated carbocycles. The molecule has 3 rings (SSSR count). The summed E-state index contributed by atoms with van der Waals surface area (Å²) in [4.78, 5) is 31.4. The first kappa shape index (κ1) is 19.7. The fourth-order valence-corrected chi connectivity index (χ4v) is 3.31. The molecule has 1 heterocycles. The SMILES string of the molecule is Cc1cccc(NC(=O)C(C)Sc2nc(COc3ccccc3)cc(=O)[nH]2)c1. The van der Waals surface area contributed by atoms with Gasteiger partial charge in [0, 0.05) is 11.8 Å². The number of benzene rings is 2. The minimum Gasteiger partial charge on any atom is -0.487 e. The number of thioether (sulfide) groups is 1. The Kier molecular flexibility index (Phi) is 6.49. The number of aromatic nitrogens is 2. The lowest BCUT2D eigenvalue weighted by Gasteiger charge is -2.12. The highest BCUT2D eigenvalue weighted by Crippen LogP contribution is 2.21. The summed E-state index contributed by atoms with van der Waals surface area (Å²) in [6.07, 6.45) is 0. The van der Waals surface area contributed by atoms with E-state index >= 15 is 0 Å². The van der Waals surface area contributed by atoms with Gasteiger partial charge in [0.1, 0.15) is 12.4 Å². The van der Waals surface area contributed by atoms with Gasteiger partial charge in [-0.15, -0.1) is 0 Å². The molecule has 144 valence electrons. The number of hydrogen-bond acceptors (Lipinski definition) is 5. The molecule has 0 radical (unpaired) electrons. The molecular formula is C21H21N3O3S. The summed E-state index contributed by atoms with van der Waals surface area (Å²) in [5, 5.41) is 2.82. The number of carbonyl (C=O) groups excluding carboxylic acids is 1. The van der Waals surface area contributed by atoms with Crippen LogP contribution >= 0.6 is 11.8 Å². The molecule has 0 fully saturated rings. The van der Waals surface area contributed by atoms with E-state index in [9.17, 15) is 9.59 Å². The number of ether oxygens (including phenoxy) is 1. The number of nitrogens with one attached hydrogen (secondary N) is 2. The van der Waals surface area contributed by atoms with Gasteiger partial charge in [-0.25, -0.2) is 4.98 Å². The molecule has 1 aromatic heterocycles. The second-order valence-corrected chi connectivity index (χ2v) is 7.59. The largest absolute Gasteiger partial charge is 0.487 e. The Bertz CT molecular complexity index is 1010. The van der Waals surface area contributed by atoms with Crippen molar-refractivity contribution in [3.05, 3.63) is 82.3 Å². The van der Waals surface area contributed by atoms with Crippen LogP contribution in [0.3, 0.4) is 0 Å². The van der Waals surface area contributed by atoms with Gasteiger partial charge < -0.3 is 15.0 Å². The average molecular weight is 395 g/mol. The molecule has 1 amide bonds. The van der Waals surface area contributed by atoms with Crippen LogP contribution < -0.4 is 15.6 Å². The van der Waals surface area contributed by atoms with E-state index in [4.69, 9.17) is 4.74 Å². The number of hydrogen-bond donors (Lipinski definition) is 2. The van der Waals surface area contributed by atoms with E-state index in [0.717, 1.165) is 11.3 Å². The molecule has 1 unspecified atom stereocenters. The molecule has 0 spiro atoms. The van der Waals surface area contributed by atoms with Crippen molar-refractivity contribution in [3.63, 3.8) is 0 Å². The van der Waals surface area contributed by atoms with E-state index < -0.39 is 5.25 Å². The molecule has 2 aromatic carbocycles. The molecule has 2 N–H and O–H groups in total. The summed E-state index contributed by atoms with van der Waals surface area (Å²) in [5.74, 6) is 0.536. The molecule has 0 bridgehead atoms. The van der Waals surface area contributed by atoms with E-state index in [-0.39, 0.29) is 18.1 Å². The van der Waals surface area contributed by atoms with Crippen molar-refractivity contribution >= 4 is 23.4 Å². The lowest BCUT2D eigenvalue weighted by molar-refractivity contribution is -0.115. The Balaban J connectivity index is 1.63. The van der Waals surface area contributed by atoms with Crippen molar-refractivity contribution in [2.45, 2.75) is 30.9 Å². The van der Waals surface area contributed by atoms with Crippen LogP contribution in [0.4, 0.5) is 5.69 Å². The number of carbonyl (C=O) groups is 1. The van der Waals surface area contributed by atoms with Crippen LogP contribution in [0, 0.1) is 6.92 Å². The third-order valence-corrected chi connectivity index (χ3v) is 4.83. The fourth-order valence-electron chi connectivity index (χ4n) is 2.47. The van der Waals surface area contributed by atoms with Crippen LogP contribution in [0.2, 0.25) is 0 Å². The van der Waals surface area contributed by atoms with Crippen LogP contribution in [0.25, 0.3) is 0 Å². The number of para-hydroxylation sites is 1. The molecular weight excluding hydrogens is 374 g/mol. The molecule has 1 atom stereocenters. The van der Waals surface area contributed by atoms with Crippen molar-refractivity contribution in [2.24, 2.45) is 0 Å². The van der Waals surface area contributed by atoms with E-state index in [1.165, 1.54) is 17.8 Å². The van der Waals surface area contributed by atoms with Crippen molar-refractivity contribution in [3.8, 4) is 5.75 Å². The third-order valence-electron chi connectivity index (χ3n) is 3.85. The number of aryl methyl sites for hydroxylation is 1. The quantitative estimate of drug-likeness (QED) is 0.470. The molecule has 0 saturated heterocycles. The Hall–Kier alpha value is -3.06. The Morgan fingerprint density at radius 3 is 2.71 bits per heavy atom. The van der Waals surface area contributed by atoms with Crippen LogP contribution in [-0.4, -0.2) is 21.1 Å². The van der Waals surface area contributed by atoms with E-state index in [1.807, 2.05) is 61.5 Å². The lowest BCUT2D eigenvalue weighted by Crippen LogP contribution is -2.23. The molecule has 0 aliphatic heterocycles. The summed E-state index contributed by atoms with van der Waals surface area (Å²) < 4.78 is 5.64. The maximum Gasteiger partial charge on any atom is 0.251 e. The van der Waals surface area contributed by atoms with E-state index in [0.29, 0.717) is 16.6 Å². The summed E-state index contributed by atoms with van der Waals surface area (Å²) in [6, 6.07) is 18.3. The fraction of sp³-hybridized carbons (Fsp3) is 0.190. The number of nitrogens with zero attached hydrogens (tertiary/aromatic N) is 1. The van der Waals surface area contributed by atoms with Gasteiger partial charge in [-0.1, -0.05) is 42.1 Å². The van der Waals surface area contributed by atoms with Crippen molar-refractivity contribution in [2.75, 3.05) is 5.32 Å². The van der Waals surface area contributed by atoms with Crippen LogP contribution in [0.5, 0.6) is 5.75 Å². The number of amides is 1. The molecule has 0 aliphatic rings. The predicted molar refractivity (Wildman–Crippen MR) is 111 cm³/mol. The van der Waals surface area contributed by atoms with Gasteiger partial charge in [0.25, 0.3) is 5.56 Å². The highest BCUT2D eigenvalue weighted by Gasteiger charge is 2.16. The first-order valence-corrected chi connectivity index (χ1v) is 9.70. The third kappa shape index (κ3) is 5.72. The standard InChI is InChI=1S/C21H21N3O3S/c1-14-7-6-8-16(11-14)22-20(26)15(2)28-21-23-17(12-19(25)24-21)13-27-18-9-4-3-5-10-18/h3-12,15H,13H2,1-2H3,(H,22,26)(H,23,24,25). The highest BCUT2D eigenvalue weighted by atomic mass is 32.2. The Morgan fingerprint density at radius 2 is 1.96 bits per heavy atom. The second kappa shape index (κ2) is 9.23. The minimum absolute atomic E-state index is 0.163. The average Bonchev–Trinajstić information content (AvgIpc) is 2.67. The molecule has 28 heavy (non-hydrogen) atoms. The van der Waals surface area contributed by atoms with Crippen molar-refractivity contribution < 1.29 is 9.53 Å². The van der Waals surface area contributed by atoms with Gasteiger partial charge in [-0.3, -0.25) is 9.59 Å². The maximum atomic E-state index is 12.4. The first-order chi connectivity index (χ1) is 13.5. The molecule has 6 nitrogen and oxygen atoms in total. The summed E-state index contributed by atoms with van der Waals surface area (Å²) in [6.45, 7) is 3.90. The van der Waals surface area contributed by atoms with E-state index in [2.05, 4.69) is 15.3 Å². The van der Waals surface area contributed by atoms with Crippen LogP contribution in [-0.2, 0) is 11.4 Å². The van der Waals surface area contributed by atoms with Crippen LogP contribution in [0.1, 0.15) is 18.2 Å². The van der Waals surface area contributed by atoms with Crippen molar-refractivity contribution in [1.29, 1.82) is 0 Å². The number of rotatable bonds is 7. The number of aromatic amines is 1. The zero-order valence-corrected chi connectivity index (χ0v) is 16.5. The Labute approximate surface area is 167 Å². The molecule has 3 aromatic rings. The van der Waals surface area contributed by atoms with Gasteiger partial charge in [-0.05, 0) is 43.7 Å². The summed E-state index contributed by atoms with van der Waals surface area (Å²) in [5.41, 5.74) is 2.02. The smallest absolute Gasteiger partial charge is 0.251 e. The van der Waals surface area contributed by atoms with Gasteiger partial charge in [0.05, 0.1) is 10.9 Å². The Morgan fingerprint density at radius 1 is 1.18 bits per heavy atom. The van der Waals surface area contributed by atoms with Crippen LogP contribution in [0.15, 0.2) is 70.6 Å². The van der Waals surface area contributed by atoms with Gasteiger partial charge in [0.2, 0.25) is 5.91 Å². The zero-order valence-electron chi connectivity index (χ0n) is 15.6. The predicted octanol–water partition coefficient (Wildman–Crippen LogP) is 3.78. The lowest BCUT2D eigenvalue weighted by atomic mass is 10.2. The first-order valence-electron chi connectivity index (χ1n) is 8.82. The normalized spacial score (nSPS) is 11.6.